The summed E-state index contributed by atoms with van der Waals surface area (Å²) >= 11 is 0. The molecule has 0 unspecified atom stereocenters. The minimum Gasteiger partial charge on any atom is -0.334 e. The summed E-state index contributed by atoms with van der Waals surface area (Å²) in [4.78, 5) is 11.7. The first kappa shape index (κ1) is 12.9. The van der Waals surface area contributed by atoms with Gasteiger partial charge in [0.2, 0.25) is 0 Å². The van der Waals surface area contributed by atoms with Gasteiger partial charge in [-0.15, -0.1) is 0 Å². The van der Waals surface area contributed by atoms with Gasteiger partial charge in [0.15, 0.2) is 9.84 Å². The maximum absolute atomic E-state index is 11.7. The van der Waals surface area contributed by atoms with E-state index in [9.17, 15) is 13.2 Å². The number of benzene rings is 1. The third-order valence-corrected chi connectivity index (χ3v) is 4.61. The van der Waals surface area contributed by atoms with E-state index < -0.39 is 9.84 Å². The summed E-state index contributed by atoms with van der Waals surface area (Å²) < 4.78 is 22.5. The van der Waals surface area contributed by atoms with Gasteiger partial charge in [0.05, 0.1) is 11.5 Å². The number of rotatable bonds is 2. The van der Waals surface area contributed by atoms with Gasteiger partial charge in [-0.2, -0.15) is 0 Å². The van der Waals surface area contributed by atoms with Crippen molar-refractivity contribution >= 4 is 21.6 Å². The molecular weight excluding hydrogens is 252 g/mol. The van der Waals surface area contributed by atoms with Crippen molar-refractivity contribution in [3.8, 4) is 0 Å². The van der Waals surface area contributed by atoms with Gasteiger partial charge in [0.25, 0.3) is 0 Å². The Labute approximate surface area is 107 Å². The summed E-state index contributed by atoms with van der Waals surface area (Å²) in [5.74, 6) is 0.191. The molecule has 2 amide bonds. The number of amides is 2. The molecule has 98 valence electrons. The molecular formula is C12H16N2O3S. The van der Waals surface area contributed by atoms with Gasteiger partial charge >= 0.3 is 6.03 Å². The van der Waals surface area contributed by atoms with E-state index in [4.69, 9.17) is 0 Å². The van der Waals surface area contributed by atoms with E-state index in [2.05, 4.69) is 10.6 Å². The van der Waals surface area contributed by atoms with Crippen molar-refractivity contribution in [3.63, 3.8) is 0 Å². The summed E-state index contributed by atoms with van der Waals surface area (Å²) in [5.41, 5.74) is 1.75. The van der Waals surface area contributed by atoms with Crippen LogP contribution in [0.4, 0.5) is 10.5 Å². The molecule has 0 bridgehead atoms. The normalized spacial score (nSPS) is 21.5. The quantitative estimate of drug-likeness (QED) is 0.849. The standard InChI is InChI=1S/C12H16N2O3S/c1-9-3-2-4-10(7-9)13-12(15)14-11-5-6-18(16,17)8-11/h2-4,7,11H,5-6,8H2,1H3,(H2,13,14,15)/t11-/m0/s1. The van der Waals surface area contributed by atoms with E-state index in [1.54, 1.807) is 6.07 Å². The zero-order valence-corrected chi connectivity index (χ0v) is 11.0. The second-order valence-corrected chi connectivity index (χ2v) is 6.80. The molecule has 0 aromatic heterocycles. The highest BCUT2D eigenvalue weighted by atomic mass is 32.2. The molecule has 18 heavy (non-hydrogen) atoms. The maximum atomic E-state index is 11.7. The lowest BCUT2D eigenvalue weighted by molar-refractivity contribution is 0.249. The number of hydrogen-bond donors (Lipinski definition) is 2. The molecule has 0 radical (unpaired) electrons. The van der Waals surface area contributed by atoms with E-state index in [0.717, 1.165) is 5.56 Å². The van der Waals surface area contributed by atoms with Gasteiger partial charge < -0.3 is 10.6 Å². The Balaban J connectivity index is 1.90. The van der Waals surface area contributed by atoms with Gasteiger partial charge in [0.1, 0.15) is 0 Å². The molecule has 1 aromatic rings. The highest BCUT2D eigenvalue weighted by Crippen LogP contribution is 2.12. The average Bonchev–Trinajstić information content (AvgIpc) is 2.57. The molecule has 1 aliphatic heterocycles. The van der Waals surface area contributed by atoms with Crippen LogP contribution in [0.25, 0.3) is 0 Å². The van der Waals surface area contributed by atoms with Gasteiger partial charge in [-0.3, -0.25) is 0 Å². The van der Waals surface area contributed by atoms with Crippen LogP contribution in [0, 0.1) is 6.92 Å². The third kappa shape index (κ3) is 3.46. The highest BCUT2D eigenvalue weighted by Gasteiger charge is 2.28. The van der Waals surface area contributed by atoms with Crippen LogP contribution in [-0.2, 0) is 9.84 Å². The predicted octanol–water partition coefficient (Wildman–Crippen LogP) is 1.30. The van der Waals surface area contributed by atoms with Crippen LogP contribution in [0.2, 0.25) is 0 Å². The van der Waals surface area contributed by atoms with Gasteiger partial charge in [0, 0.05) is 11.7 Å². The maximum Gasteiger partial charge on any atom is 0.319 e. The zero-order valence-electron chi connectivity index (χ0n) is 10.1. The monoisotopic (exact) mass is 268 g/mol. The summed E-state index contributed by atoms with van der Waals surface area (Å²) in [7, 11) is -2.96. The minimum atomic E-state index is -2.96. The lowest BCUT2D eigenvalue weighted by Crippen LogP contribution is -2.38. The summed E-state index contributed by atoms with van der Waals surface area (Å²) in [6.45, 7) is 1.94. The number of anilines is 1. The first-order chi connectivity index (χ1) is 8.44. The van der Waals surface area contributed by atoms with Crippen molar-refractivity contribution in [1.82, 2.24) is 5.32 Å². The molecule has 1 aliphatic rings. The Morgan fingerprint density at radius 3 is 2.78 bits per heavy atom. The number of urea groups is 1. The Kier molecular flexibility index (Phi) is 3.56. The van der Waals surface area contributed by atoms with Crippen molar-refractivity contribution < 1.29 is 13.2 Å². The van der Waals surface area contributed by atoms with Crippen molar-refractivity contribution in [1.29, 1.82) is 0 Å². The molecule has 5 nitrogen and oxygen atoms in total. The zero-order chi connectivity index (χ0) is 13.2. The predicted molar refractivity (Wildman–Crippen MR) is 70.4 cm³/mol. The minimum absolute atomic E-state index is 0.0359. The van der Waals surface area contributed by atoms with Crippen molar-refractivity contribution in [2.45, 2.75) is 19.4 Å². The molecule has 1 saturated heterocycles. The first-order valence-electron chi connectivity index (χ1n) is 5.79. The fourth-order valence-electron chi connectivity index (χ4n) is 1.98. The van der Waals surface area contributed by atoms with Crippen LogP contribution in [0.5, 0.6) is 0 Å². The average molecular weight is 268 g/mol. The number of carbonyl (C=O) groups excluding carboxylic acids is 1. The Hall–Kier alpha value is -1.56. The summed E-state index contributed by atoms with van der Waals surface area (Å²) in [6.07, 6.45) is 0.490. The van der Waals surface area contributed by atoms with Crippen LogP contribution >= 0.6 is 0 Å². The highest BCUT2D eigenvalue weighted by molar-refractivity contribution is 7.91. The topological polar surface area (TPSA) is 75.3 Å². The second-order valence-electron chi connectivity index (χ2n) is 4.57. The Bertz CT molecular complexity index is 554. The van der Waals surface area contributed by atoms with Crippen LogP contribution in [-0.4, -0.2) is 32.0 Å². The lowest BCUT2D eigenvalue weighted by Gasteiger charge is -2.12. The van der Waals surface area contributed by atoms with E-state index in [1.165, 1.54) is 0 Å². The molecule has 2 rings (SSSR count). The fraction of sp³-hybridized carbons (Fsp3) is 0.417. The molecule has 1 atom stereocenters. The van der Waals surface area contributed by atoms with Crippen LogP contribution in [0.15, 0.2) is 24.3 Å². The Morgan fingerprint density at radius 2 is 2.17 bits per heavy atom. The van der Waals surface area contributed by atoms with Crippen LogP contribution in [0.1, 0.15) is 12.0 Å². The van der Waals surface area contributed by atoms with Crippen LogP contribution < -0.4 is 10.6 Å². The Morgan fingerprint density at radius 1 is 1.39 bits per heavy atom. The lowest BCUT2D eigenvalue weighted by atomic mass is 10.2. The third-order valence-electron chi connectivity index (χ3n) is 2.84. The smallest absolute Gasteiger partial charge is 0.319 e. The first-order valence-corrected chi connectivity index (χ1v) is 7.61. The molecule has 2 N–H and O–H groups in total. The second kappa shape index (κ2) is 4.97. The van der Waals surface area contributed by atoms with E-state index in [0.29, 0.717) is 12.1 Å². The molecule has 1 heterocycles. The molecule has 1 fully saturated rings. The summed E-state index contributed by atoms with van der Waals surface area (Å²) in [6, 6.07) is 6.79. The molecule has 6 heteroatoms. The number of carbonyl (C=O) groups is 1. The molecule has 0 aliphatic carbocycles. The van der Waals surface area contributed by atoms with E-state index >= 15 is 0 Å². The number of aryl methyl sites for hydroxylation is 1. The SMILES string of the molecule is Cc1cccc(NC(=O)N[C@H]2CCS(=O)(=O)C2)c1. The number of nitrogens with one attached hydrogen (secondary N) is 2. The number of sulfone groups is 1. The van der Waals surface area contributed by atoms with Gasteiger partial charge in [-0.05, 0) is 31.0 Å². The van der Waals surface area contributed by atoms with Crippen LogP contribution in [0.3, 0.4) is 0 Å². The van der Waals surface area contributed by atoms with Gasteiger partial charge in [-0.25, -0.2) is 13.2 Å². The summed E-state index contributed by atoms with van der Waals surface area (Å²) in [5, 5.41) is 5.37. The van der Waals surface area contributed by atoms with Crippen molar-refractivity contribution in [3.05, 3.63) is 29.8 Å². The fourth-order valence-corrected chi connectivity index (χ4v) is 3.66. The number of hydrogen-bond acceptors (Lipinski definition) is 3. The van der Waals surface area contributed by atoms with Gasteiger partial charge in [-0.1, -0.05) is 12.1 Å². The molecule has 0 saturated carbocycles. The van der Waals surface area contributed by atoms with Crippen molar-refractivity contribution in [2.24, 2.45) is 0 Å². The molecule has 0 spiro atoms. The van der Waals surface area contributed by atoms with E-state index in [-0.39, 0.29) is 23.6 Å². The van der Waals surface area contributed by atoms with E-state index in [1.807, 2.05) is 25.1 Å². The molecule has 1 aromatic carbocycles. The van der Waals surface area contributed by atoms with Crippen molar-refractivity contribution in [2.75, 3.05) is 16.8 Å². The largest absolute Gasteiger partial charge is 0.334 e.